The zero-order chi connectivity index (χ0) is 10.1. The van der Waals surface area contributed by atoms with Crippen LogP contribution in [0.3, 0.4) is 0 Å². The number of aromatic nitrogens is 1. The molecule has 0 radical (unpaired) electrons. The molecule has 1 aliphatic heterocycles. The Bertz CT molecular complexity index is 348. The van der Waals surface area contributed by atoms with Gasteiger partial charge >= 0.3 is 0 Å². The zero-order valence-corrected chi connectivity index (χ0v) is 8.06. The summed E-state index contributed by atoms with van der Waals surface area (Å²) >= 11 is 0. The summed E-state index contributed by atoms with van der Waals surface area (Å²) in [7, 11) is 0. The molecule has 0 unspecified atom stereocenters. The first-order chi connectivity index (χ1) is 6.68. The lowest BCUT2D eigenvalue weighted by Gasteiger charge is -2.14. The second-order valence-corrected chi connectivity index (χ2v) is 3.60. The first-order valence-corrected chi connectivity index (χ1v) is 4.64. The normalized spacial score (nSPS) is 21.6. The molecule has 0 aliphatic carbocycles. The SMILES string of the molecule is Cc1oncc1C(=O)N1CC[C@H](N)C1. The molecule has 0 aromatic carbocycles. The monoisotopic (exact) mass is 195 g/mol. The van der Waals surface area contributed by atoms with Crippen molar-refractivity contribution in [2.24, 2.45) is 5.73 Å². The van der Waals surface area contributed by atoms with Gasteiger partial charge in [-0.25, -0.2) is 0 Å². The Morgan fingerprint density at radius 2 is 2.57 bits per heavy atom. The van der Waals surface area contributed by atoms with Gasteiger partial charge < -0.3 is 15.2 Å². The molecule has 1 atom stereocenters. The van der Waals surface area contributed by atoms with E-state index >= 15 is 0 Å². The number of likely N-dealkylation sites (tertiary alicyclic amines) is 1. The molecule has 1 saturated heterocycles. The second-order valence-electron chi connectivity index (χ2n) is 3.60. The number of nitrogens with two attached hydrogens (primary N) is 1. The summed E-state index contributed by atoms with van der Waals surface area (Å²) in [5.74, 6) is 0.534. The van der Waals surface area contributed by atoms with E-state index in [4.69, 9.17) is 10.3 Å². The van der Waals surface area contributed by atoms with E-state index in [1.165, 1.54) is 6.20 Å². The van der Waals surface area contributed by atoms with Crippen LogP contribution in [0.2, 0.25) is 0 Å². The maximum Gasteiger partial charge on any atom is 0.259 e. The summed E-state index contributed by atoms with van der Waals surface area (Å²) in [4.78, 5) is 13.6. The lowest BCUT2D eigenvalue weighted by atomic mass is 10.2. The van der Waals surface area contributed by atoms with Gasteiger partial charge in [-0.3, -0.25) is 4.79 Å². The number of carbonyl (C=O) groups excluding carboxylic acids is 1. The van der Waals surface area contributed by atoms with Gasteiger partial charge in [0.05, 0.1) is 6.20 Å². The van der Waals surface area contributed by atoms with E-state index in [1.54, 1.807) is 11.8 Å². The molecule has 0 bridgehead atoms. The van der Waals surface area contributed by atoms with Crippen LogP contribution in [-0.2, 0) is 0 Å². The molecule has 1 aliphatic rings. The molecule has 0 spiro atoms. The van der Waals surface area contributed by atoms with Crippen molar-refractivity contribution in [3.8, 4) is 0 Å². The summed E-state index contributed by atoms with van der Waals surface area (Å²) in [5, 5.41) is 3.58. The van der Waals surface area contributed by atoms with Crippen molar-refractivity contribution < 1.29 is 9.32 Å². The molecular weight excluding hydrogens is 182 g/mol. The Hall–Kier alpha value is -1.36. The van der Waals surface area contributed by atoms with E-state index < -0.39 is 0 Å². The predicted molar refractivity (Wildman–Crippen MR) is 49.7 cm³/mol. The van der Waals surface area contributed by atoms with Crippen LogP contribution < -0.4 is 5.73 Å². The maximum absolute atomic E-state index is 11.8. The van der Waals surface area contributed by atoms with Crippen LogP contribution in [-0.4, -0.2) is 35.1 Å². The minimum absolute atomic E-state index is 0.0308. The van der Waals surface area contributed by atoms with Gasteiger partial charge in [0.2, 0.25) is 0 Å². The van der Waals surface area contributed by atoms with Gasteiger partial charge in [-0.05, 0) is 13.3 Å². The van der Waals surface area contributed by atoms with Gasteiger partial charge in [0.1, 0.15) is 11.3 Å². The molecular formula is C9H13N3O2. The van der Waals surface area contributed by atoms with Gasteiger partial charge in [0.15, 0.2) is 0 Å². The fourth-order valence-electron chi connectivity index (χ4n) is 1.65. The van der Waals surface area contributed by atoms with Gasteiger partial charge in [0.25, 0.3) is 5.91 Å². The molecule has 2 heterocycles. The van der Waals surface area contributed by atoms with Gasteiger partial charge in [0, 0.05) is 19.1 Å². The summed E-state index contributed by atoms with van der Waals surface area (Å²) in [6, 6.07) is 0.110. The number of hydrogen-bond donors (Lipinski definition) is 1. The van der Waals surface area contributed by atoms with Crippen molar-refractivity contribution in [3.63, 3.8) is 0 Å². The lowest BCUT2D eigenvalue weighted by molar-refractivity contribution is 0.0789. The average molecular weight is 195 g/mol. The highest BCUT2D eigenvalue weighted by Crippen LogP contribution is 2.14. The second kappa shape index (κ2) is 3.42. The Labute approximate surface area is 81.8 Å². The summed E-state index contributed by atoms with van der Waals surface area (Å²) < 4.78 is 4.84. The summed E-state index contributed by atoms with van der Waals surface area (Å²) in [5.41, 5.74) is 6.26. The highest BCUT2D eigenvalue weighted by Gasteiger charge is 2.26. The number of amides is 1. The van der Waals surface area contributed by atoms with Crippen LogP contribution >= 0.6 is 0 Å². The van der Waals surface area contributed by atoms with E-state index in [9.17, 15) is 4.79 Å². The Morgan fingerprint density at radius 1 is 1.79 bits per heavy atom. The largest absolute Gasteiger partial charge is 0.361 e. The van der Waals surface area contributed by atoms with E-state index in [-0.39, 0.29) is 11.9 Å². The van der Waals surface area contributed by atoms with Crippen molar-refractivity contribution in [3.05, 3.63) is 17.5 Å². The number of hydrogen-bond acceptors (Lipinski definition) is 4. The number of rotatable bonds is 1. The molecule has 1 aromatic rings. The predicted octanol–water partition coefficient (Wildman–Crippen LogP) is 0.156. The first kappa shape index (κ1) is 9.21. The standard InChI is InChI=1S/C9H13N3O2/c1-6-8(4-11-14-6)9(13)12-3-2-7(10)5-12/h4,7H,2-3,5,10H2,1H3/t7-/m0/s1. The van der Waals surface area contributed by atoms with Crippen LogP contribution in [0.15, 0.2) is 10.7 Å². The third-order valence-corrected chi connectivity index (χ3v) is 2.49. The first-order valence-electron chi connectivity index (χ1n) is 4.64. The van der Waals surface area contributed by atoms with E-state index in [0.717, 1.165) is 13.0 Å². The molecule has 2 N–H and O–H groups in total. The van der Waals surface area contributed by atoms with Gasteiger partial charge in [-0.15, -0.1) is 0 Å². The third-order valence-electron chi connectivity index (χ3n) is 2.49. The van der Waals surface area contributed by atoms with Crippen LogP contribution in [0.25, 0.3) is 0 Å². The van der Waals surface area contributed by atoms with Gasteiger partial charge in [-0.2, -0.15) is 0 Å². The molecule has 1 amide bonds. The zero-order valence-electron chi connectivity index (χ0n) is 8.06. The van der Waals surface area contributed by atoms with Crippen molar-refractivity contribution in [2.75, 3.05) is 13.1 Å². The molecule has 1 fully saturated rings. The fraction of sp³-hybridized carbons (Fsp3) is 0.556. The maximum atomic E-state index is 11.8. The van der Waals surface area contributed by atoms with Crippen LogP contribution in [0.5, 0.6) is 0 Å². The van der Waals surface area contributed by atoms with Crippen LogP contribution in [0, 0.1) is 6.92 Å². The number of carbonyl (C=O) groups is 1. The van der Waals surface area contributed by atoms with Crippen molar-refractivity contribution in [2.45, 2.75) is 19.4 Å². The molecule has 76 valence electrons. The molecule has 2 rings (SSSR count). The van der Waals surface area contributed by atoms with Gasteiger partial charge in [-0.1, -0.05) is 5.16 Å². The lowest BCUT2D eigenvalue weighted by Crippen LogP contribution is -2.31. The van der Waals surface area contributed by atoms with Crippen LogP contribution in [0.1, 0.15) is 22.5 Å². The highest BCUT2D eigenvalue weighted by atomic mass is 16.5. The van der Waals surface area contributed by atoms with Crippen molar-refractivity contribution in [1.29, 1.82) is 0 Å². The molecule has 5 heteroatoms. The van der Waals surface area contributed by atoms with Crippen LogP contribution in [0.4, 0.5) is 0 Å². The Balaban J connectivity index is 2.13. The minimum atomic E-state index is -0.0308. The third kappa shape index (κ3) is 1.50. The highest BCUT2D eigenvalue weighted by molar-refractivity contribution is 5.94. The number of aryl methyl sites for hydroxylation is 1. The average Bonchev–Trinajstić information content (AvgIpc) is 2.73. The summed E-state index contributed by atoms with van der Waals surface area (Å²) in [6.07, 6.45) is 2.33. The fourth-order valence-corrected chi connectivity index (χ4v) is 1.65. The van der Waals surface area contributed by atoms with E-state index in [2.05, 4.69) is 5.16 Å². The molecule has 1 aromatic heterocycles. The Morgan fingerprint density at radius 3 is 3.07 bits per heavy atom. The Kier molecular flexibility index (Phi) is 2.25. The molecule has 0 saturated carbocycles. The summed E-state index contributed by atoms with van der Waals surface area (Å²) in [6.45, 7) is 3.09. The smallest absolute Gasteiger partial charge is 0.259 e. The quantitative estimate of drug-likeness (QED) is 0.692. The van der Waals surface area contributed by atoms with Crippen molar-refractivity contribution >= 4 is 5.91 Å². The number of nitrogens with zero attached hydrogens (tertiary/aromatic N) is 2. The van der Waals surface area contributed by atoms with Crippen molar-refractivity contribution in [1.82, 2.24) is 10.1 Å². The minimum Gasteiger partial charge on any atom is -0.361 e. The topological polar surface area (TPSA) is 72.4 Å². The molecule has 5 nitrogen and oxygen atoms in total. The van der Waals surface area contributed by atoms with E-state index in [1.807, 2.05) is 0 Å². The van der Waals surface area contributed by atoms with E-state index in [0.29, 0.717) is 17.9 Å². The molecule has 14 heavy (non-hydrogen) atoms.